The first-order valence-corrected chi connectivity index (χ1v) is 6.79. The van der Waals surface area contributed by atoms with Crippen LogP contribution in [0.3, 0.4) is 0 Å². The molecule has 1 N–H and O–H groups in total. The Bertz CT molecular complexity index is 175. The van der Waals surface area contributed by atoms with Gasteiger partial charge >= 0.3 is 0 Å². The SMILES string of the molecule is CCC(CC)CN1CC2CCCNC2C1. The molecule has 2 aliphatic heterocycles. The first-order chi connectivity index (χ1) is 7.33. The summed E-state index contributed by atoms with van der Waals surface area (Å²) in [7, 11) is 0. The van der Waals surface area contributed by atoms with Crippen molar-refractivity contribution in [2.45, 2.75) is 45.6 Å². The smallest absolute Gasteiger partial charge is 0.0235 e. The number of likely N-dealkylation sites (tertiary alicyclic amines) is 1. The van der Waals surface area contributed by atoms with Gasteiger partial charge in [-0.3, -0.25) is 0 Å². The molecule has 2 saturated heterocycles. The van der Waals surface area contributed by atoms with Gasteiger partial charge < -0.3 is 10.2 Å². The monoisotopic (exact) mass is 210 g/mol. The zero-order valence-electron chi connectivity index (χ0n) is 10.3. The van der Waals surface area contributed by atoms with Crippen LogP contribution in [-0.2, 0) is 0 Å². The van der Waals surface area contributed by atoms with Gasteiger partial charge in [0.25, 0.3) is 0 Å². The zero-order valence-corrected chi connectivity index (χ0v) is 10.3. The maximum absolute atomic E-state index is 3.68. The van der Waals surface area contributed by atoms with Crippen LogP contribution in [0.5, 0.6) is 0 Å². The fraction of sp³-hybridized carbons (Fsp3) is 1.00. The van der Waals surface area contributed by atoms with Gasteiger partial charge in [0.2, 0.25) is 0 Å². The standard InChI is InChI=1S/C13H26N2/c1-3-11(4-2)8-15-9-12-6-5-7-14-13(12)10-15/h11-14H,3-10H2,1-2H3. The lowest BCUT2D eigenvalue weighted by atomic mass is 9.94. The summed E-state index contributed by atoms with van der Waals surface area (Å²) in [6.07, 6.45) is 5.53. The van der Waals surface area contributed by atoms with Crippen LogP contribution in [0.15, 0.2) is 0 Å². The van der Waals surface area contributed by atoms with E-state index in [9.17, 15) is 0 Å². The lowest BCUT2D eigenvalue weighted by Crippen LogP contribution is -2.40. The van der Waals surface area contributed by atoms with E-state index in [1.54, 1.807) is 0 Å². The molecule has 0 aromatic rings. The summed E-state index contributed by atoms with van der Waals surface area (Å²) in [5, 5.41) is 3.68. The molecular weight excluding hydrogens is 184 g/mol. The topological polar surface area (TPSA) is 15.3 Å². The van der Waals surface area contributed by atoms with Crippen molar-refractivity contribution in [2.75, 3.05) is 26.2 Å². The van der Waals surface area contributed by atoms with Gasteiger partial charge in [-0.25, -0.2) is 0 Å². The minimum atomic E-state index is 0.813. The molecule has 2 heteroatoms. The predicted molar refractivity (Wildman–Crippen MR) is 65.0 cm³/mol. The molecule has 0 aromatic heterocycles. The molecule has 0 amide bonds. The van der Waals surface area contributed by atoms with Gasteiger partial charge in [0.1, 0.15) is 0 Å². The molecular formula is C13H26N2. The van der Waals surface area contributed by atoms with Crippen molar-refractivity contribution in [2.24, 2.45) is 11.8 Å². The van der Waals surface area contributed by atoms with E-state index in [-0.39, 0.29) is 0 Å². The highest BCUT2D eigenvalue weighted by atomic mass is 15.2. The van der Waals surface area contributed by atoms with Crippen LogP contribution < -0.4 is 5.32 Å². The Hall–Kier alpha value is -0.0800. The maximum Gasteiger partial charge on any atom is 0.0235 e. The summed E-state index contributed by atoms with van der Waals surface area (Å²) < 4.78 is 0. The Kier molecular flexibility index (Phi) is 4.04. The van der Waals surface area contributed by atoms with Crippen LogP contribution in [0.25, 0.3) is 0 Å². The molecule has 2 aliphatic rings. The van der Waals surface area contributed by atoms with Gasteiger partial charge in [-0.15, -0.1) is 0 Å². The molecule has 0 bridgehead atoms. The van der Waals surface area contributed by atoms with Crippen molar-refractivity contribution >= 4 is 0 Å². The van der Waals surface area contributed by atoms with E-state index in [0.717, 1.165) is 17.9 Å². The highest BCUT2D eigenvalue weighted by molar-refractivity contribution is 4.92. The number of nitrogens with one attached hydrogen (secondary N) is 1. The summed E-state index contributed by atoms with van der Waals surface area (Å²) in [6.45, 7) is 9.90. The Balaban J connectivity index is 1.80. The van der Waals surface area contributed by atoms with Crippen molar-refractivity contribution in [1.29, 1.82) is 0 Å². The third-order valence-electron chi connectivity index (χ3n) is 4.35. The van der Waals surface area contributed by atoms with Crippen LogP contribution in [0, 0.1) is 11.8 Å². The largest absolute Gasteiger partial charge is 0.312 e. The zero-order chi connectivity index (χ0) is 10.7. The first kappa shape index (κ1) is 11.4. The molecule has 0 spiro atoms. The second kappa shape index (κ2) is 5.31. The van der Waals surface area contributed by atoms with Gasteiger partial charge in [0.15, 0.2) is 0 Å². The van der Waals surface area contributed by atoms with Crippen molar-refractivity contribution in [3.63, 3.8) is 0 Å². The Morgan fingerprint density at radius 2 is 2.07 bits per heavy atom. The minimum Gasteiger partial charge on any atom is -0.312 e. The molecule has 88 valence electrons. The van der Waals surface area contributed by atoms with Gasteiger partial charge in [-0.05, 0) is 31.2 Å². The number of rotatable bonds is 4. The van der Waals surface area contributed by atoms with Crippen LogP contribution in [-0.4, -0.2) is 37.1 Å². The average molecular weight is 210 g/mol. The molecule has 2 unspecified atom stereocenters. The van der Waals surface area contributed by atoms with Crippen molar-refractivity contribution < 1.29 is 0 Å². The average Bonchev–Trinajstić information content (AvgIpc) is 2.68. The van der Waals surface area contributed by atoms with E-state index in [1.165, 1.54) is 51.9 Å². The van der Waals surface area contributed by atoms with E-state index >= 15 is 0 Å². The molecule has 2 atom stereocenters. The fourth-order valence-electron chi connectivity index (χ4n) is 3.20. The lowest BCUT2D eigenvalue weighted by Gasteiger charge is -2.24. The Morgan fingerprint density at radius 1 is 1.27 bits per heavy atom. The van der Waals surface area contributed by atoms with E-state index < -0.39 is 0 Å². The molecule has 0 aliphatic carbocycles. The summed E-state index contributed by atoms with van der Waals surface area (Å²) in [5.41, 5.74) is 0. The molecule has 2 fully saturated rings. The van der Waals surface area contributed by atoms with Gasteiger partial charge in [0.05, 0.1) is 0 Å². The van der Waals surface area contributed by atoms with Crippen LogP contribution in [0.2, 0.25) is 0 Å². The van der Waals surface area contributed by atoms with Crippen molar-refractivity contribution in [3.8, 4) is 0 Å². The van der Waals surface area contributed by atoms with Gasteiger partial charge in [-0.2, -0.15) is 0 Å². The highest BCUT2D eigenvalue weighted by Crippen LogP contribution is 2.26. The van der Waals surface area contributed by atoms with Crippen molar-refractivity contribution in [1.82, 2.24) is 10.2 Å². The number of hydrogen-bond donors (Lipinski definition) is 1. The normalized spacial score (nSPS) is 32.2. The molecule has 0 aromatic carbocycles. The maximum atomic E-state index is 3.68. The van der Waals surface area contributed by atoms with E-state index in [0.29, 0.717) is 0 Å². The second-order valence-electron chi connectivity index (χ2n) is 5.36. The summed E-state index contributed by atoms with van der Waals surface area (Å²) >= 11 is 0. The number of nitrogens with zero attached hydrogens (tertiary/aromatic N) is 1. The molecule has 2 rings (SSSR count). The molecule has 2 nitrogen and oxygen atoms in total. The lowest BCUT2D eigenvalue weighted by molar-refractivity contribution is 0.258. The minimum absolute atomic E-state index is 0.813. The molecule has 2 heterocycles. The van der Waals surface area contributed by atoms with Crippen molar-refractivity contribution in [3.05, 3.63) is 0 Å². The summed E-state index contributed by atoms with van der Waals surface area (Å²) in [5.74, 6) is 1.87. The summed E-state index contributed by atoms with van der Waals surface area (Å²) in [6, 6.07) is 0.813. The molecule has 15 heavy (non-hydrogen) atoms. The summed E-state index contributed by atoms with van der Waals surface area (Å²) in [4.78, 5) is 2.70. The number of piperidine rings is 1. The third kappa shape index (κ3) is 2.73. The van der Waals surface area contributed by atoms with Gasteiger partial charge in [0, 0.05) is 25.7 Å². The number of hydrogen-bond acceptors (Lipinski definition) is 2. The Morgan fingerprint density at radius 3 is 2.73 bits per heavy atom. The fourth-order valence-corrected chi connectivity index (χ4v) is 3.20. The van der Waals surface area contributed by atoms with E-state index in [4.69, 9.17) is 0 Å². The van der Waals surface area contributed by atoms with Gasteiger partial charge in [-0.1, -0.05) is 26.7 Å². The van der Waals surface area contributed by atoms with E-state index in [1.807, 2.05) is 0 Å². The third-order valence-corrected chi connectivity index (χ3v) is 4.35. The highest BCUT2D eigenvalue weighted by Gasteiger charge is 2.34. The van der Waals surface area contributed by atoms with Crippen LogP contribution >= 0.6 is 0 Å². The number of fused-ring (bicyclic) bond motifs is 1. The van der Waals surface area contributed by atoms with E-state index in [2.05, 4.69) is 24.1 Å². The van der Waals surface area contributed by atoms with Crippen LogP contribution in [0.4, 0.5) is 0 Å². The molecule has 0 radical (unpaired) electrons. The Labute approximate surface area is 94.4 Å². The quantitative estimate of drug-likeness (QED) is 0.764. The molecule has 0 saturated carbocycles. The van der Waals surface area contributed by atoms with Crippen LogP contribution in [0.1, 0.15) is 39.5 Å². The first-order valence-electron chi connectivity index (χ1n) is 6.79. The second-order valence-corrected chi connectivity index (χ2v) is 5.36. The predicted octanol–water partition coefficient (Wildman–Crippen LogP) is 2.11.